The molecule has 0 fully saturated rings. The smallest absolute Gasteiger partial charge is 0.199 e. The summed E-state index contributed by atoms with van der Waals surface area (Å²) in [6.45, 7) is 2.58. The molecular weight excluding hydrogens is 235 g/mol. The maximum absolute atomic E-state index is 13.7. The highest BCUT2D eigenvalue weighted by molar-refractivity contribution is 6.08. The second kappa shape index (κ2) is 5.00. The maximum atomic E-state index is 13.7. The highest BCUT2D eigenvalue weighted by Gasteiger charge is 2.16. The Hall–Kier alpha value is -2.17. The molecule has 0 atom stereocenters. The van der Waals surface area contributed by atoms with Gasteiger partial charge in [0.05, 0.1) is 24.4 Å². The van der Waals surface area contributed by atoms with Crippen LogP contribution in [0.15, 0.2) is 30.6 Å². The first-order valence-corrected chi connectivity index (χ1v) is 5.56. The van der Waals surface area contributed by atoms with E-state index in [1.807, 2.05) is 6.92 Å². The molecule has 0 aliphatic rings. The number of carbonyl (C=O) groups is 1. The molecule has 1 aromatic heterocycles. The summed E-state index contributed by atoms with van der Waals surface area (Å²) in [4.78, 5) is 12.1. The van der Waals surface area contributed by atoms with Crippen molar-refractivity contribution in [3.63, 3.8) is 0 Å². The van der Waals surface area contributed by atoms with Crippen molar-refractivity contribution in [3.8, 4) is 5.75 Å². The van der Waals surface area contributed by atoms with Crippen molar-refractivity contribution in [2.75, 3.05) is 7.11 Å². The molecule has 1 heterocycles. The summed E-state index contributed by atoms with van der Waals surface area (Å²) in [5, 5.41) is 3.99. The van der Waals surface area contributed by atoms with Crippen molar-refractivity contribution in [2.24, 2.45) is 0 Å². The van der Waals surface area contributed by atoms with E-state index in [4.69, 9.17) is 4.74 Å². The number of aryl methyl sites for hydroxylation is 1. The number of rotatable bonds is 4. The predicted octanol–water partition coefficient (Wildman–Crippen LogP) is 2.28. The van der Waals surface area contributed by atoms with Crippen LogP contribution in [0.5, 0.6) is 5.75 Å². The van der Waals surface area contributed by atoms with Crippen LogP contribution in [-0.4, -0.2) is 22.7 Å². The van der Waals surface area contributed by atoms with Gasteiger partial charge < -0.3 is 4.74 Å². The molecule has 0 N–H and O–H groups in total. The lowest BCUT2D eigenvalue weighted by atomic mass is 10.1. The molecule has 0 aliphatic heterocycles. The Morgan fingerprint density at radius 1 is 1.50 bits per heavy atom. The molecule has 4 nitrogen and oxygen atoms in total. The Kier molecular flexibility index (Phi) is 3.41. The molecule has 5 heteroatoms. The van der Waals surface area contributed by atoms with Gasteiger partial charge >= 0.3 is 0 Å². The normalized spacial score (nSPS) is 10.4. The summed E-state index contributed by atoms with van der Waals surface area (Å²) in [6, 6.07) is 4.16. The zero-order chi connectivity index (χ0) is 13.1. The number of halogens is 1. The SMILES string of the molecule is CCn1cc(C(=O)c2ccc(OC)cc2F)cn1. The molecule has 0 amide bonds. The van der Waals surface area contributed by atoms with E-state index < -0.39 is 5.82 Å². The van der Waals surface area contributed by atoms with Crippen LogP contribution in [0.1, 0.15) is 22.8 Å². The molecule has 2 aromatic rings. The van der Waals surface area contributed by atoms with Crippen molar-refractivity contribution in [3.05, 3.63) is 47.5 Å². The first kappa shape index (κ1) is 12.3. The van der Waals surface area contributed by atoms with E-state index >= 15 is 0 Å². The van der Waals surface area contributed by atoms with E-state index in [2.05, 4.69) is 5.10 Å². The van der Waals surface area contributed by atoms with Gasteiger partial charge in [0.2, 0.25) is 0 Å². The topological polar surface area (TPSA) is 44.1 Å². The van der Waals surface area contributed by atoms with Gasteiger partial charge in [0, 0.05) is 18.8 Å². The molecule has 0 spiro atoms. The van der Waals surface area contributed by atoms with E-state index in [1.54, 1.807) is 16.9 Å². The fraction of sp³-hybridized carbons (Fsp3) is 0.231. The van der Waals surface area contributed by atoms with Crippen molar-refractivity contribution in [1.29, 1.82) is 0 Å². The van der Waals surface area contributed by atoms with Crippen molar-refractivity contribution < 1.29 is 13.9 Å². The summed E-state index contributed by atoms with van der Waals surface area (Å²) in [7, 11) is 1.45. The molecule has 0 radical (unpaired) electrons. The largest absolute Gasteiger partial charge is 0.497 e. The van der Waals surface area contributed by atoms with Gasteiger partial charge in [0.15, 0.2) is 5.78 Å². The Morgan fingerprint density at radius 2 is 2.28 bits per heavy atom. The average Bonchev–Trinajstić information content (AvgIpc) is 2.86. The molecular formula is C13H13FN2O2. The second-order valence-electron chi connectivity index (χ2n) is 3.76. The van der Waals surface area contributed by atoms with Gasteiger partial charge in [-0.2, -0.15) is 5.10 Å². The minimum Gasteiger partial charge on any atom is -0.497 e. The molecule has 2 rings (SSSR count). The molecule has 0 aliphatic carbocycles. The van der Waals surface area contributed by atoms with Gasteiger partial charge in [-0.15, -0.1) is 0 Å². The number of carbonyl (C=O) groups excluding carboxylic acids is 1. The summed E-state index contributed by atoms with van der Waals surface area (Å²) in [5.74, 6) is -0.591. The Labute approximate surface area is 104 Å². The molecule has 0 unspecified atom stereocenters. The standard InChI is InChI=1S/C13H13FN2O2/c1-3-16-8-9(7-15-16)13(17)11-5-4-10(18-2)6-12(11)14/h4-8H,3H2,1-2H3. The zero-order valence-corrected chi connectivity index (χ0v) is 10.2. The van der Waals surface area contributed by atoms with Crippen molar-refractivity contribution >= 4 is 5.78 Å². The summed E-state index contributed by atoms with van der Waals surface area (Å²) < 4.78 is 20.2. The van der Waals surface area contributed by atoms with Crippen LogP contribution in [0.3, 0.4) is 0 Å². The predicted molar refractivity (Wildman–Crippen MR) is 64.3 cm³/mol. The van der Waals surface area contributed by atoms with Crippen LogP contribution in [0.25, 0.3) is 0 Å². The number of nitrogens with zero attached hydrogens (tertiary/aromatic N) is 2. The Morgan fingerprint density at radius 3 is 2.83 bits per heavy atom. The highest BCUT2D eigenvalue weighted by atomic mass is 19.1. The number of benzene rings is 1. The molecule has 0 saturated carbocycles. The minimum atomic E-state index is -0.594. The third-order valence-corrected chi connectivity index (χ3v) is 2.64. The number of ketones is 1. The van der Waals surface area contributed by atoms with E-state index in [9.17, 15) is 9.18 Å². The Balaban J connectivity index is 2.33. The monoisotopic (exact) mass is 248 g/mol. The van der Waals surface area contributed by atoms with Gasteiger partial charge in [-0.25, -0.2) is 4.39 Å². The van der Waals surface area contributed by atoms with Gasteiger partial charge in [0.1, 0.15) is 11.6 Å². The van der Waals surface area contributed by atoms with Crippen LogP contribution in [0.2, 0.25) is 0 Å². The van der Waals surface area contributed by atoms with Crippen LogP contribution >= 0.6 is 0 Å². The molecule has 0 bridgehead atoms. The van der Waals surface area contributed by atoms with Gasteiger partial charge in [-0.05, 0) is 19.1 Å². The van der Waals surface area contributed by atoms with Crippen LogP contribution in [0, 0.1) is 5.82 Å². The molecule has 0 saturated heterocycles. The average molecular weight is 248 g/mol. The highest BCUT2D eigenvalue weighted by Crippen LogP contribution is 2.19. The Bertz CT molecular complexity index is 578. The quantitative estimate of drug-likeness (QED) is 0.780. The van der Waals surface area contributed by atoms with E-state index in [0.717, 1.165) is 0 Å². The second-order valence-corrected chi connectivity index (χ2v) is 3.76. The lowest BCUT2D eigenvalue weighted by molar-refractivity contribution is 0.103. The number of ether oxygens (including phenoxy) is 1. The van der Waals surface area contributed by atoms with E-state index in [1.165, 1.54) is 25.4 Å². The van der Waals surface area contributed by atoms with Gasteiger partial charge in [-0.3, -0.25) is 9.48 Å². The van der Waals surface area contributed by atoms with E-state index in [-0.39, 0.29) is 11.3 Å². The fourth-order valence-electron chi connectivity index (χ4n) is 1.62. The fourth-order valence-corrected chi connectivity index (χ4v) is 1.62. The number of hydrogen-bond acceptors (Lipinski definition) is 3. The lowest BCUT2D eigenvalue weighted by Crippen LogP contribution is -2.03. The van der Waals surface area contributed by atoms with Crippen LogP contribution in [0.4, 0.5) is 4.39 Å². The van der Waals surface area contributed by atoms with Crippen molar-refractivity contribution in [1.82, 2.24) is 9.78 Å². The van der Waals surface area contributed by atoms with Gasteiger partial charge in [0.25, 0.3) is 0 Å². The third kappa shape index (κ3) is 2.25. The molecule has 1 aromatic carbocycles. The summed E-state index contributed by atoms with van der Waals surface area (Å²) >= 11 is 0. The summed E-state index contributed by atoms with van der Waals surface area (Å²) in [5.41, 5.74) is 0.396. The first-order chi connectivity index (χ1) is 8.65. The first-order valence-electron chi connectivity index (χ1n) is 5.56. The number of hydrogen-bond donors (Lipinski definition) is 0. The zero-order valence-electron chi connectivity index (χ0n) is 10.2. The lowest BCUT2D eigenvalue weighted by Gasteiger charge is -2.03. The number of methoxy groups -OCH3 is 1. The van der Waals surface area contributed by atoms with Gasteiger partial charge in [-0.1, -0.05) is 0 Å². The number of aromatic nitrogens is 2. The van der Waals surface area contributed by atoms with Crippen LogP contribution in [-0.2, 0) is 6.54 Å². The summed E-state index contributed by atoms with van der Waals surface area (Å²) in [6.07, 6.45) is 3.04. The molecule has 94 valence electrons. The maximum Gasteiger partial charge on any atom is 0.199 e. The molecule has 18 heavy (non-hydrogen) atoms. The minimum absolute atomic E-state index is 0.0199. The van der Waals surface area contributed by atoms with E-state index in [0.29, 0.717) is 17.9 Å². The third-order valence-electron chi connectivity index (χ3n) is 2.64. The van der Waals surface area contributed by atoms with Crippen molar-refractivity contribution in [2.45, 2.75) is 13.5 Å². The van der Waals surface area contributed by atoms with Crippen LogP contribution < -0.4 is 4.74 Å².